The molecule has 0 saturated carbocycles. The fraction of sp³-hybridized carbons (Fsp3) is 0.500. The van der Waals surface area contributed by atoms with Gasteiger partial charge in [-0.1, -0.05) is 30.3 Å². The van der Waals surface area contributed by atoms with Crippen LogP contribution in [0.2, 0.25) is 6.04 Å². The highest BCUT2D eigenvalue weighted by Gasteiger charge is 2.37. The highest BCUT2D eigenvalue weighted by atomic mass is 35.5. The molecular weight excluding hydrogens is 240 g/mol. The van der Waals surface area contributed by atoms with Crippen molar-refractivity contribution in [2.45, 2.75) is 18.9 Å². The summed E-state index contributed by atoms with van der Waals surface area (Å²) in [6.45, 7) is 0. The average Bonchev–Trinajstić information content (AvgIpc) is 2.36. The summed E-state index contributed by atoms with van der Waals surface area (Å²) in [5, 5.41) is 1.19. The normalized spacial score (nSPS) is 11.7. The minimum Gasteiger partial charge on any atom is -0.394 e. The van der Waals surface area contributed by atoms with E-state index in [2.05, 4.69) is 12.1 Å². The Morgan fingerprint density at radius 2 is 1.69 bits per heavy atom. The zero-order valence-corrected chi connectivity index (χ0v) is 11.7. The molecule has 0 bridgehead atoms. The Kier molecular flexibility index (Phi) is 6.06. The van der Waals surface area contributed by atoms with Gasteiger partial charge in [-0.25, -0.2) is 0 Å². The van der Waals surface area contributed by atoms with Crippen molar-refractivity contribution in [3.05, 3.63) is 30.3 Å². The minimum absolute atomic E-state index is 0.701. The molecule has 4 heteroatoms. The summed E-state index contributed by atoms with van der Waals surface area (Å²) in [7, 11) is 1.26. The fourth-order valence-corrected chi connectivity index (χ4v) is 4.75. The molecule has 0 N–H and O–H groups in total. The van der Waals surface area contributed by atoms with Crippen LogP contribution in [0.4, 0.5) is 0 Å². The third-order valence-electron chi connectivity index (χ3n) is 2.76. The Hall–Kier alpha value is -0.353. The third-order valence-corrected chi connectivity index (χ3v) is 6.57. The van der Waals surface area contributed by atoms with Gasteiger partial charge in [-0.15, -0.1) is 11.6 Å². The first-order valence-corrected chi connectivity index (χ1v) is 8.06. The molecule has 0 atom stereocenters. The number of unbranched alkanes of at least 4 members (excludes halogenated alkanes) is 1. The van der Waals surface area contributed by atoms with E-state index in [0.717, 1.165) is 18.9 Å². The van der Waals surface area contributed by atoms with Crippen LogP contribution in [0.25, 0.3) is 0 Å². The van der Waals surface area contributed by atoms with Crippen molar-refractivity contribution in [2.75, 3.05) is 20.1 Å². The lowest BCUT2D eigenvalue weighted by molar-refractivity contribution is 0.256. The Morgan fingerprint density at radius 3 is 2.19 bits per heavy atom. The van der Waals surface area contributed by atoms with Gasteiger partial charge in [-0.05, 0) is 24.1 Å². The van der Waals surface area contributed by atoms with E-state index >= 15 is 0 Å². The lowest BCUT2D eigenvalue weighted by Crippen LogP contribution is -2.52. The standard InChI is InChI=1S/C12H19ClO2Si/c1-14-16(15-2,11-7-6-10-13)12-8-4-3-5-9-12/h3-5,8-9H,6-7,10-11H2,1-2H3. The van der Waals surface area contributed by atoms with Gasteiger partial charge in [-0.2, -0.15) is 0 Å². The largest absolute Gasteiger partial charge is 0.394 e. The van der Waals surface area contributed by atoms with Gasteiger partial charge in [0.25, 0.3) is 0 Å². The van der Waals surface area contributed by atoms with E-state index in [-0.39, 0.29) is 0 Å². The summed E-state index contributed by atoms with van der Waals surface area (Å²) < 4.78 is 11.4. The Balaban J connectivity index is 2.79. The van der Waals surface area contributed by atoms with Gasteiger partial charge in [0.1, 0.15) is 0 Å². The molecule has 0 aliphatic heterocycles. The van der Waals surface area contributed by atoms with Crippen molar-refractivity contribution >= 4 is 25.3 Å². The van der Waals surface area contributed by atoms with Crippen LogP contribution >= 0.6 is 11.6 Å². The third kappa shape index (κ3) is 3.32. The van der Waals surface area contributed by atoms with Crippen LogP contribution < -0.4 is 5.19 Å². The Bertz CT molecular complexity index is 288. The van der Waals surface area contributed by atoms with Crippen molar-refractivity contribution in [3.8, 4) is 0 Å². The summed E-state index contributed by atoms with van der Waals surface area (Å²) in [5.41, 5.74) is 0. The number of hydrogen-bond donors (Lipinski definition) is 0. The number of benzene rings is 1. The van der Waals surface area contributed by atoms with E-state index < -0.39 is 8.56 Å². The highest BCUT2D eigenvalue weighted by molar-refractivity contribution is 6.81. The fourth-order valence-electron chi connectivity index (χ4n) is 1.81. The first kappa shape index (κ1) is 13.7. The monoisotopic (exact) mass is 258 g/mol. The zero-order valence-electron chi connectivity index (χ0n) is 9.91. The van der Waals surface area contributed by atoms with Crippen LogP contribution in [0.15, 0.2) is 30.3 Å². The predicted molar refractivity (Wildman–Crippen MR) is 70.6 cm³/mol. The van der Waals surface area contributed by atoms with Gasteiger partial charge in [0, 0.05) is 20.1 Å². The quantitative estimate of drug-likeness (QED) is 0.425. The molecule has 0 spiro atoms. The second-order valence-electron chi connectivity index (χ2n) is 3.67. The summed E-state index contributed by atoms with van der Waals surface area (Å²) in [6.07, 6.45) is 2.06. The molecule has 0 heterocycles. The maximum Gasteiger partial charge on any atom is 0.371 e. The maximum absolute atomic E-state index is 5.70. The molecule has 0 saturated heterocycles. The van der Waals surface area contributed by atoms with E-state index in [1.54, 1.807) is 14.2 Å². The molecule has 0 aliphatic rings. The van der Waals surface area contributed by atoms with Crippen LogP contribution in [-0.2, 0) is 8.85 Å². The van der Waals surface area contributed by atoms with E-state index in [4.69, 9.17) is 20.5 Å². The summed E-state index contributed by atoms with van der Waals surface area (Å²) >= 11 is 5.70. The molecular formula is C12H19ClO2Si. The predicted octanol–water partition coefficient (Wildman–Crippen LogP) is 2.65. The van der Waals surface area contributed by atoms with Crippen LogP contribution in [-0.4, -0.2) is 28.7 Å². The molecule has 16 heavy (non-hydrogen) atoms. The molecule has 0 aromatic heterocycles. The minimum atomic E-state index is -2.22. The molecule has 1 aromatic carbocycles. The van der Waals surface area contributed by atoms with Gasteiger partial charge >= 0.3 is 8.56 Å². The zero-order chi connectivity index (χ0) is 11.9. The van der Waals surface area contributed by atoms with Crippen LogP contribution in [0.1, 0.15) is 12.8 Å². The molecule has 0 unspecified atom stereocenters. The molecule has 90 valence electrons. The van der Waals surface area contributed by atoms with E-state index in [0.29, 0.717) is 5.88 Å². The summed E-state index contributed by atoms with van der Waals surface area (Å²) in [4.78, 5) is 0. The number of hydrogen-bond acceptors (Lipinski definition) is 2. The number of halogens is 1. The van der Waals surface area contributed by atoms with Crippen molar-refractivity contribution in [1.82, 2.24) is 0 Å². The van der Waals surface area contributed by atoms with Crippen LogP contribution in [0, 0.1) is 0 Å². The highest BCUT2D eigenvalue weighted by Crippen LogP contribution is 2.16. The summed E-state index contributed by atoms with van der Waals surface area (Å²) in [5.74, 6) is 0.701. The molecule has 1 aromatic rings. The maximum atomic E-state index is 5.70. The van der Waals surface area contributed by atoms with Crippen molar-refractivity contribution in [2.24, 2.45) is 0 Å². The molecule has 0 amide bonds. The first-order valence-electron chi connectivity index (χ1n) is 5.51. The topological polar surface area (TPSA) is 18.5 Å². The van der Waals surface area contributed by atoms with Gasteiger partial charge in [0.05, 0.1) is 0 Å². The first-order chi connectivity index (χ1) is 7.79. The Morgan fingerprint density at radius 1 is 1.06 bits per heavy atom. The molecule has 0 radical (unpaired) electrons. The second-order valence-corrected chi connectivity index (χ2v) is 7.45. The Labute approximate surface area is 104 Å². The van der Waals surface area contributed by atoms with Gasteiger partial charge < -0.3 is 8.85 Å². The lowest BCUT2D eigenvalue weighted by atomic mass is 10.4. The molecule has 2 nitrogen and oxygen atoms in total. The molecule has 0 aliphatic carbocycles. The van der Waals surface area contributed by atoms with Crippen molar-refractivity contribution < 1.29 is 8.85 Å². The van der Waals surface area contributed by atoms with E-state index in [1.165, 1.54) is 5.19 Å². The SMILES string of the molecule is CO[Si](CCCCCl)(OC)c1ccccc1. The average molecular weight is 259 g/mol. The van der Waals surface area contributed by atoms with Gasteiger partial charge in [0.15, 0.2) is 0 Å². The van der Waals surface area contributed by atoms with Crippen LogP contribution in [0.5, 0.6) is 0 Å². The van der Waals surface area contributed by atoms with Crippen molar-refractivity contribution in [3.63, 3.8) is 0 Å². The number of rotatable bonds is 7. The van der Waals surface area contributed by atoms with Crippen LogP contribution in [0.3, 0.4) is 0 Å². The number of alkyl halides is 1. The van der Waals surface area contributed by atoms with Gasteiger partial charge in [-0.3, -0.25) is 0 Å². The lowest BCUT2D eigenvalue weighted by Gasteiger charge is -2.27. The van der Waals surface area contributed by atoms with E-state index in [1.807, 2.05) is 18.2 Å². The molecule has 0 fully saturated rings. The smallest absolute Gasteiger partial charge is 0.371 e. The van der Waals surface area contributed by atoms with Crippen molar-refractivity contribution in [1.29, 1.82) is 0 Å². The second kappa shape index (κ2) is 7.07. The van der Waals surface area contributed by atoms with Gasteiger partial charge in [0.2, 0.25) is 0 Å². The summed E-state index contributed by atoms with van der Waals surface area (Å²) in [6, 6.07) is 11.2. The molecule has 1 rings (SSSR count). The van der Waals surface area contributed by atoms with E-state index in [9.17, 15) is 0 Å².